The van der Waals surface area contributed by atoms with Crippen molar-refractivity contribution in [2.45, 2.75) is 6.92 Å². The van der Waals surface area contributed by atoms with Gasteiger partial charge in [-0.2, -0.15) is 9.97 Å². The molecule has 0 aliphatic heterocycles. The third kappa shape index (κ3) is 1.58. The quantitative estimate of drug-likeness (QED) is 0.760. The maximum absolute atomic E-state index is 5.90. The first-order valence-electron chi connectivity index (χ1n) is 4.19. The van der Waals surface area contributed by atoms with E-state index in [2.05, 4.69) is 25.3 Å². The highest BCUT2D eigenvalue weighted by molar-refractivity contribution is 6.33. The molecule has 5 nitrogen and oxygen atoms in total. The molecule has 0 amide bonds. The Morgan fingerprint density at radius 2 is 2.07 bits per heavy atom. The average Bonchev–Trinajstić information content (AvgIpc) is 2.18. The van der Waals surface area contributed by atoms with Crippen molar-refractivity contribution >= 4 is 28.7 Å². The van der Waals surface area contributed by atoms with Crippen LogP contribution in [0.2, 0.25) is 5.15 Å². The zero-order chi connectivity index (χ0) is 9.97. The van der Waals surface area contributed by atoms with E-state index in [1.54, 1.807) is 12.4 Å². The Bertz CT molecular complexity index is 458. The van der Waals surface area contributed by atoms with Crippen molar-refractivity contribution in [3.63, 3.8) is 0 Å². The number of halogens is 1. The molecular formula is C8H8ClN5. The molecule has 0 atom stereocenters. The molecule has 0 unspecified atom stereocenters. The Balaban J connectivity index is 2.60. The standard InChI is InChI=1S/C8H8ClN5/c1-2-10-8-13-6(9)5-7(14-8)12-4-3-11-5/h3-4H,2H2,1H3,(H,10,12,13,14). The number of hydrogen-bond donors (Lipinski definition) is 1. The zero-order valence-corrected chi connectivity index (χ0v) is 8.28. The van der Waals surface area contributed by atoms with Gasteiger partial charge in [0.1, 0.15) is 5.52 Å². The fraction of sp³-hybridized carbons (Fsp3) is 0.250. The van der Waals surface area contributed by atoms with Crippen LogP contribution in [0, 0.1) is 0 Å². The predicted octanol–water partition coefficient (Wildman–Crippen LogP) is 1.50. The first-order chi connectivity index (χ1) is 6.81. The fourth-order valence-corrected chi connectivity index (χ4v) is 1.28. The smallest absolute Gasteiger partial charge is 0.226 e. The van der Waals surface area contributed by atoms with Crippen LogP contribution in [0.1, 0.15) is 6.92 Å². The number of nitrogens with one attached hydrogen (secondary N) is 1. The largest absolute Gasteiger partial charge is 0.354 e. The number of aromatic nitrogens is 4. The lowest BCUT2D eigenvalue weighted by Crippen LogP contribution is -2.03. The minimum Gasteiger partial charge on any atom is -0.354 e. The number of anilines is 1. The van der Waals surface area contributed by atoms with Gasteiger partial charge in [-0.3, -0.25) is 0 Å². The molecule has 0 spiro atoms. The van der Waals surface area contributed by atoms with Crippen LogP contribution in [0.4, 0.5) is 5.95 Å². The summed E-state index contributed by atoms with van der Waals surface area (Å²) in [7, 11) is 0. The molecule has 72 valence electrons. The van der Waals surface area contributed by atoms with E-state index in [1.165, 1.54) is 0 Å². The van der Waals surface area contributed by atoms with Gasteiger partial charge in [0, 0.05) is 18.9 Å². The van der Waals surface area contributed by atoms with Gasteiger partial charge < -0.3 is 5.32 Å². The van der Waals surface area contributed by atoms with Crippen molar-refractivity contribution in [1.82, 2.24) is 19.9 Å². The van der Waals surface area contributed by atoms with Crippen molar-refractivity contribution in [2.75, 3.05) is 11.9 Å². The molecule has 1 N–H and O–H groups in total. The molecule has 2 heterocycles. The Morgan fingerprint density at radius 3 is 2.86 bits per heavy atom. The lowest BCUT2D eigenvalue weighted by Gasteiger charge is -2.02. The van der Waals surface area contributed by atoms with Crippen LogP contribution in [-0.2, 0) is 0 Å². The molecule has 14 heavy (non-hydrogen) atoms. The lowest BCUT2D eigenvalue weighted by atomic mass is 10.5. The van der Waals surface area contributed by atoms with Gasteiger partial charge in [0.25, 0.3) is 0 Å². The summed E-state index contributed by atoms with van der Waals surface area (Å²) in [5, 5.41) is 3.28. The summed E-state index contributed by atoms with van der Waals surface area (Å²) in [6.45, 7) is 2.69. The minimum atomic E-state index is 0.319. The zero-order valence-electron chi connectivity index (χ0n) is 7.53. The molecule has 0 aromatic carbocycles. The van der Waals surface area contributed by atoms with E-state index in [9.17, 15) is 0 Å². The second-order valence-corrected chi connectivity index (χ2v) is 2.95. The lowest BCUT2D eigenvalue weighted by molar-refractivity contribution is 1.08. The van der Waals surface area contributed by atoms with E-state index in [0.717, 1.165) is 6.54 Å². The molecule has 0 radical (unpaired) electrons. The van der Waals surface area contributed by atoms with Crippen molar-refractivity contribution in [1.29, 1.82) is 0 Å². The number of fused-ring (bicyclic) bond motifs is 1. The third-order valence-electron chi connectivity index (χ3n) is 1.63. The molecule has 0 aliphatic carbocycles. The summed E-state index contributed by atoms with van der Waals surface area (Å²) in [6, 6.07) is 0. The number of nitrogens with zero attached hydrogens (tertiary/aromatic N) is 4. The van der Waals surface area contributed by atoms with Crippen LogP contribution in [0.3, 0.4) is 0 Å². The summed E-state index contributed by atoms with van der Waals surface area (Å²) in [5.41, 5.74) is 1.03. The summed E-state index contributed by atoms with van der Waals surface area (Å²) in [5.74, 6) is 0.477. The second kappa shape index (κ2) is 3.71. The first-order valence-corrected chi connectivity index (χ1v) is 4.57. The van der Waals surface area contributed by atoms with Gasteiger partial charge in [-0.1, -0.05) is 11.6 Å². The Hall–Kier alpha value is -1.49. The van der Waals surface area contributed by atoms with E-state index >= 15 is 0 Å². The van der Waals surface area contributed by atoms with Gasteiger partial charge in [0.05, 0.1) is 0 Å². The highest BCUT2D eigenvalue weighted by Gasteiger charge is 2.06. The molecule has 0 saturated carbocycles. The molecule has 0 saturated heterocycles. The SMILES string of the molecule is CCNc1nc(Cl)c2nccnc2n1. The van der Waals surface area contributed by atoms with Gasteiger partial charge in [-0.05, 0) is 6.92 Å². The third-order valence-corrected chi connectivity index (χ3v) is 1.89. The normalized spacial score (nSPS) is 10.4. The average molecular weight is 210 g/mol. The van der Waals surface area contributed by atoms with Crippen LogP contribution in [-0.4, -0.2) is 26.5 Å². The van der Waals surface area contributed by atoms with E-state index in [1.807, 2.05) is 6.92 Å². The fourth-order valence-electron chi connectivity index (χ4n) is 1.07. The predicted molar refractivity (Wildman–Crippen MR) is 54.3 cm³/mol. The van der Waals surface area contributed by atoms with E-state index in [4.69, 9.17) is 11.6 Å². The summed E-state index contributed by atoms with van der Waals surface area (Å²) >= 11 is 5.90. The Labute approximate surface area is 85.6 Å². The highest BCUT2D eigenvalue weighted by Crippen LogP contribution is 2.17. The van der Waals surface area contributed by atoms with Crippen LogP contribution in [0.25, 0.3) is 11.2 Å². The number of rotatable bonds is 2. The molecule has 0 aliphatic rings. The maximum atomic E-state index is 5.90. The van der Waals surface area contributed by atoms with Crippen molar-refractivity contribution in [3.8, 4) is 0 Å². The van der Waals surface area contributed by atoms with Crippen LogP contribution in [0.15, 0.2) is 12.4 Å². The van der Waals surface area contributed by atoms with E-state index < -0.39 is 0 Å². The molecule has 6 heteroatoms. The van der Waals surface area contributed by atoms with Gasteiger partial charge in [-0.25, -0.2) is 9.97 Å². The molecular weight excluding hydrogens is 202 g/mol. The summed E-state index contributed by atoms with van der Waals surface area (Å²) in [6.07, 6.45) is 3.13. The van der Waals surface area contributed by atoms with Crippen LogP contribution in [0.5, 0.6) is 0 Å². The molecule has 2 aromatic heterocycles. The van der Waals surface area contributed by atoms with Gasteiger partial charge in [0.15, 0.2) is 10.8 Å². The second-order valence-electron chi connectivity index (χ2n) is 2.60. The van der Waals surface area contributed by atoms with Crippen LogP contribution < -0.4 is 5.32 Å². The first kappa shape index (κ1) is 9.08. The van der Waals surface area contributed by atoms with Crippen molar-refractivity contribution < 1.29 is 0 Å². The van der Waals surface area contributed by atoms with E-state index in [0.29, 0.717) is 22.3 Å². The Kier molecular flexibility index (Phi) is 2.41. The Morgan fingerprint density at radius 1 is 1.29 bits per heavy atom. The van der Waals surface area contributed by atoms with Gasteiger partial charge in [-0.15, -0.1) is 0 Å². The van der Waals surface area contributed by atoms with Gasteiger partial charge >= 0.3 is 0 Å². The van der Waals surface area contributed by atoms with E-state index in [-0.39, 0.29) is 0 Å². The molecule has 2 rings (SSSR count). The molecule has 2 aromatic rings. The van der Waals surface area contributed by atoms with Gasteiger partial charge in [0.2, 0.25) is 5.95 Å². The van der Waals surface area contributed by atoms with Crippen molar-refractivity contribution in [2.24, 2.45) is 0 Å². The minimum absolute atomic E-state index is 0.319. The van der Waals surface area contributed by atoms with Crippen LogP contribution >= 0.6 is 11.6 Å². The maximum Gasteiger partial charge on any atom is 0.226 e. The monoisotopic (exact) mass is 209 g/mol. The summed E-state index contributed by atoms with van der Waals surface area (Å²) < 4.78 is 0. The number of hydrogen-bond acceptors (Lipinski definition) is 5. The topological polar surface area (TPSA) is 63.6 Å². The highest BCUT2D eigenvalue weighted by atomic mass is 35.5. The van der Waals surface area contributed by atoms with Crippen molar-refractivity contribution in [3.05, 3.63) is 17.5 Å². The molecule has 0 fully saturated rings. The summed E-state index contributed by atoms with van der Waals surface area (Å²) in [4.78, 5) is 16.3. The molecule has 0 bridgehead atoms.